The van der Waals surface area contributed by atoms with E-state index in [0.29, 0.717) is 6.54 Å². The van der Waals surface area contributed by atoms with Crippen LogP contribution in [0, 0.1) is 6.92 Å². The molecule has 4 rings (SSSR count). The molecule has 26 heavy (non-hydrogen) atoms. The number of carbonyl (C=O) groups excluding carboxylic acids is 1. The summed E-state index contributed by atoms with van der Waals surface area (Å²) in [5.41, 5.74) is -0.0965. The summed E-state index contributed by atoms with van der Waals surface area (Å²) in [6, 6.07) is 9.20. The van der Waals surface area contributed by atoms with Gasteiger partial charge < -0.3 is 9.42 Å². The predicted molar refractivity (Wildman–Crippen MR) is 90.7 cm³/mol. The van der Waals surface area contributed by atoms with Crippen LogP contribution < -0.4 is 0 Å². The number of aromatic nitrogens is 4. The van der Waals surface area contributed by atoms with Crippen LogP contribution in [0.4, 0.5) is 4.39 Å². The molecule has 1 atom stereocenters. The quantitative estimate of drug-likeness (QED) is 0.718. The maximum Gasteiger partial charge on any atom is 0.258 e. The minimum atomic E-state index is -1.80. The number of alkyl halides is 1. The second-order valence-electron chi connectivity index (χ2n) is 6.54. The first-order chi connectivity index (χ1) is 12.5. The number of halogens is 1. The van der Waals surface area contributed by atoms with Crippen molar-refractivity contribution in [1.82, 2.24) is 24.8 Å². The number of aryl methyl sites for hydroxylation is 1. The summed E-state index contributed by atoms with van der Waals surface area (Å²) in [7, 11) is 0. The van der Waals surface area contributed by atoms with Crippen LogP contribution in [0.5, 0.6) is 0 Å². The van der Waals surface area contributed by atoms with Gasteiger partial charge in [-0.25, -0.2) is 4.39 Å². The number of likely N-dealkylation sites (tertiary alicyclic amines) is 1. The molecule has 0 radical (unpaired) electrons. The Hall–Kier alpha value is -3.03. The third-order valence-corrected chi connectivity index (χ3v) is 4.48. The smallest absolute Gasteiger partial charge is 0.258 e. The molecule has 1 fully saturated rings. The molecule has 0 bridgehead atoms. The summed E-state index contributed by atoms with van der Waals surface area (Å²) in [5.74, 6) is 0.0791. The van der Waals surface area contributed by atoms with E-state index in [1.54, 1.807) is 17.1 Å². The van der Waals surface area contributed by atoms with Crippen molar-refractivity contribution in [3.8, 4) is 11.5 Å². The number of amides is 1. The lowest BCUT2D eigenvalue weighted by Gasteiger charge is -2.18. The van der Waals surface area contributed by atoms with Gasteiger partial charge in [-0.3, -0.25) is 9.48 Å². The Morgan fingerprint density at radius 3 is 2.88 bits per heavy atom. The number of nitrogens with zero attached hydrogens (tertiary/aromatic N) is 5. The maximum atomic E-state index is 15.3. The molecular formula is C18H18FN5O2. The number of hydrogen-bond acceptors (Lipinski definition) is 5. The average molecular weight is 355 g/mol. The van der Waals surface area contributed by atoms with E-state index in [1.165, 1.54) is 4.90 Å². The molecule has 2 aromatic heterocycles. The van der Waals surface area contributed by atoms with Gasteiger partial charge in [-0.2, -0.15) is 10.1 Å². The van der Waals surface area contributed by atoms with E-state index in [4.69, 9.17) is 4.52 Å². The van der Waals surface area contributed by atoms with Gasteiger partial charge in [0.15, 0.2) is 5.67 Å². The highest BCUT2D eigenvalue weighted by molar-refractivity contribution is 5.76. The van der Waals surface area contributed by atoms with Gasteiger partial charge in [0.05, 0.1) is 12.7 Å². The molecule has 0 spiro atoms. The normalized spacial score (nSPS) is 19.8. The van der Waals surface area contributed by atoms with Gasteiger partial charge in [0.25, 0.3) is 5.89 Å². The van der Waals surface area contributed by atoms with Gasteiger partial charge in [0.1, 0.15) is 6.54 Å². The van der Waals surface area contributed by atoms with E-state index < -0.39 is 5.67 Å². The van der Waals surface area contributed by atoms with Crippen LogP contribution in [-0.4, -0.2) is 43.8 Å². The highest BCUT2D eigenvalue weighted by atomic mass is 19.1. The van der Waals surface area contributed by atoms with Gasteiger partial charge >= 0.3 is 0 Å². The van der Waals surface area contributed by atoms with Crippen molar-refractivity contribution < 1.29 is 13.7 Å². The number of rotatable bonds is 4. The van der Waals surface area contributed by atoms with Crippen molar-refractivity contribution in [3.05, 3.63) is 54.1 Å². The van der Waals surface area contributed by atoms with E-state index in [9.17, 15) is 4.79 Å². The molecule has 0 saturated carbocycles. The molecule has 0 aliphatic carbocycles. The standard InChI is InChI=1S/C18H18FN5O2/c1-13-9-20-24(10-13)11-15(25)23-8-7-18(19,12-23)17-21-16(26-22-17)14-5-3-2-4-6-14/h2-6,9-10H,7-8,11-12H2,1H3. The molecular weight excluding hydrogens is 337 g/mol. The van der Waals surface area contributed by atoms with Crippen LogP contribution in [0.2, 0.25) is 0 Å². The summed E-state index contributed by atoms with van der Waals surface area (Å²) in [5, 5.41) is 7.91. The van der Waals surface area contributed by atoms with E-state index >= 15 is 4.39 Å². The lowest BCUT2D eigenvalue weighted by molar-refractivity contribution is -0.131. The lowest BCUT2D eigenvalue weighted by atomic mass is 10.1. The third-order valence-electron chi connectivity index (χ3n) is 4.48. The van der Waals surface area contributed by atoms with E-state index in [-0.39, 0.29) is 37.1 Å². The van der Waals surface area contributed by atoms with Gasteiger partial charge in [-0.05, 0) is 24.6 Å². The van der Waals surface area contributed by atoms with Crippen LogP contribution in [0.25, 0.3) is 11.5 Å². The zero-order valence-corrected chi connectivity index (χ0v) is 14.3. The monoisotopic (exact) mass is 355 g/mol. The van der Waals surface area contributed by atoms with Crippen LogP contribution in [0.3, 0.4) is 0 Å². The molecule has 1 aliphatic rings. The van der Waals surface area contributed by atoms with Crippen molar-refractivity contribution in [2.75, 3.05) is 13.1 Å². The first-order valence-corrected chi connectivity index (χ1v) is 8.39. The molecule has 3 aromatic rings. The van der Waals surface area contributed by atoms with Crippen LogP contribution in [0.15, 0.2) is 47.2 Å². The Labute approximate surface area is 149 Å². The zero-order valence-electron chi connectivity index (χ0n) is 14.3. The van der Waals surface area contributed by atoms with Gasteiger partial charge in [0.2, 0.25) is 11.7 Å². The summed E-state index contributed by atoms with van der Waals surface area (Å²) in [6.45, 7) is 2.22. The SMILES string of the molecule is Cc1cnn(CC(=O)N2CCC(F)(c3noc(-c4ccccc4)n3)C2)c1. The summed E-state index contributed by atoms with van der Waals surface area (Å²) >= 11 is 0. The van der Waals surface area contributed by atoms with Crippen molar-refractivity contribution in [3.63, 3.8) is 0 Å². The molecule has 1 unspecified atom stereocenters. The molecule has 134 valence electrons. The summed E-state index contributed by atoms with van der Waals surface area (Å²) < 4.78 is 22.1. The molecule has 1 aliphatic heterocycles. The van der Waals surface area contributed by atoms with Crippen molar-refractivity contribution in [2.24, 2.45) is 0 Å². The molecule has 3 heterocycles. The molecule has 0 N–H and O–H groups in total. The minimum Gasteiger partial charge on any atom is -0.337 e. The first-order valence-electron chi connectivity index (χ1n) is 8.39. The van der Waals surface area contributed by atoms with Gasteiger partial charge in [-0.1, -0.05) is 23.4 Å². The van der Waals surface area contributed by atoms with E-state index in [0.717, 1.165) is 11.1 Å². The van der Waals surface area contributed by atoms with Crippen molar-refractivity contribution in [1.29, 1.82) is 0 Å². The van der Waals surface area contributed by atoms with E-state index in [2.05, 4.69) is 15.2 Å². The Kier molecular flexibility index (Phi) is 4.02. The topological polar surface area (TPSA) is 77.0 Å². The Morgan fingerprint density at radius 1 is 1.35 bits per heavy atom. The number of carbonyl (C=O) groups is 1. The molecule has 8 heteroatoms. The molecule has 1 aromatic carbocycles. The zero-order chi connectivity index (χ0) is 18.1. The second kappa shape index (κ2) is 6.36. The second-order valence-corrected chi connectivity index (χ2v) is 6.54. The summed E-state index contributed by atoms with van der Waals surface area (Å²) in [6.07, 6.45) is 3.60. The molecule has 7 nitrogen and oxygen atoms in total. The van der Waals surface area contributed by atoms with Crippen LogP contribution >= 0.6 is 0 Å². The first kappa shape index (κ1) is 16.4. The number of hydrogen-bond donors (Lipinski definition) is 0. The van der Waals surface area contributed by atoms with E-state index in [1.807, 2.05) is 37.3 Å². The van der Waals surface area contributed by atoms with Crippen molar-refractivity contribution in [2.45, 2.75) is 25.6 Å². The highest BCUT2D eigenvalue weighted by Gasteiger charge is 2.45. The third kappa shape index (κ3) is 3.10. The molecule has 1 saturated heterocycles. The fourth-order valence-electron chi connectivity index (χ4n) is 3.06. The minimum absolute atomic E-state index is 0.0124. The average Bonchev–Trinajstić information content (AvgIpc) is 3.36. The maximum absolute atomic E-state index is 15.3. The van der Waals surface area contributed by atoms with Crippen molar-refractivity contribution >= 4 is 5.91 Å². The predicted octanol–water partition coefficient (Wildman–Crippen LogP) is 2.34. The molecule has 1 amide bonds. The van der Waals surface area contributed by atoms with Crippen LogP contribution in [0.1, 0.15) is 17.8 Å². The van der Waals surface area contributed by atoms with Crippen LogP contribution in [-0.2, 0) is 17.0 Å². The Morgan fingerprint density at radius 2 is 2.15 bits per heavy atom. The fraction of sp³-hybridized carbons (Fsp3) is 0.333. The Balaban J connectivity index is 1.46. The summed E-state index contributed by atoms with van der Waals surface area (Å²) in [4.78, 5) is 18.1. The van der Waals surface area contributed by atoms with Gasteiger partial charge in [-0.15, -0.1) is 0 Å². The van der Waals surface area contributed by atoms with Gasteiger partial charge in [0, 0.05) is 24.7 Å². The lowest BCUT2D eigenvalue weighted by Crippen LogP contribution is -2.35. The fourth-order valence-corrected chi connectivity index (χ4v) is 3.06. The number of benzene rings is 1. The largest absolute Gasteiger partial charge is 0.337 e. The Bertz CT molecular complexity index is 923. The highest BCUT2D eigenvalue weighted by Crippen LogP contribution is 2.35.